The van der Waals surface area contributed by atoms with Gasteiger partial charge in [-0.1, -0.05) is 51.1 Å². The van der Waals surface area contributed by atoms with E-state index in [0.29, 0.717) is 6.42 Å². The highest BCUT2D eigenvalue weighted by Gasteiger charge is 2.67. The Morgan fingerprint density at radius 3 is 2.30 bits per heavy atom. The lowest BCUT2D eigenvalue weighted by atomic mass is 9.49. The number of amides is 1. The number of benzene rings is 1. The first-order chi connectivity index (χ1) is 17.3. The molecule has 0 aliphatic heterocycles. The zero-order valence-corrected chi connectivity index (χ0v) is 21.2. The fraction of sp³-hybridized carbons (Fsp3) is 0.552. The summed E-state index contributed by atoms with van der Waals surface area (Å²) in [5, 5.41) is 22.7. The van der Waals surface area contributed by atoms with Crippen molar-refractivity contribution >= 4 is 29.0 Å². The predicted octanol–water partition coefficient (Wildman–Crippen LogP) is 1.40. The highest BCUT2D eigenvalue weighted by molar-refractivity contribution is 6.22. The van der Waals surface area contributed by atoms with E-state index in [-0.39, 0.29) is 35.9 Å². The topological polar surface area (TPSA) is 152 Å². The smallest absolute Gasteiger partial charge is 0.235 e. The van der Waals surface area contributed by atoms with Crippen LogP contribution in [0, 0.1) is 35.5 Å². The maximum absolute atomic E-state index is 13.8. The lowest BCUT2D eigenvalue weighted by Gasteiger charge is -2.55. The van der Waals surface area contributed by atoms with E-state index in [1.54, 1.807) is 0 Å². The second-order valence-electron chi connectivity index (χ2n) is 12.3. The number of hydrogen-bond acceptors (Lipinski definition) is 7. The van der Waals surface area contributed by atoms with Crippen LogP contribution in [0.25, 0.3) is 0 Å². The van der Waals surface area contributed by atoms with Crippen LogP contribution < -0.4 is 5.73 Å². The average molecular weight is 508 g/mol. The summed E-state index contributed by atoms with van der Waals surface area (Å²) in [7, 11) is 0. The molecule has 8 heteroatoms. The minimum atomic E-state index is -2.44. The van der Waals surface area contributed by atoms with Crippen LogP contribution in [0.1, 0.15) is 57.1 Å². The van der Waals surface area contributed by atoms with Crippen LogP contribution in [-0.4, -0.2) is 51.0 Å². The van der Waals surface area contributed by atoms with Crippen LogP contribution in [0.2, 0.25) is 0 Å². The first-order valence-corrected chi connectivity index (χ1v) is 12.9. The molecule has 0 aromatic heterocycles. The van der Waals surface area contributed by atoms with Gasteiger partial charge < -0.3 is 15.9 Å². The second kappa shape index (κ2) is 8.53. The highest BCUT2D eigenvalue weighted by Crippen LogP contribution is 2.55. The van der Waals surface area contributed by atoms with Gasteiger partial charge in [0.1, 0.15) is 11.9 Å². The van der Waals surface area contributed by atoms with Crippen molar-refractivity contribution in [1.82, 2.24) is 0 Å². The van der Waals surface area contributed by atoms with Gasteiger partial charge in [0.25, 0.3) is 0 Å². The summed E-state index contributed by atoms with van der Waals surface area (Å²) in [6.07, 6.45) is 1.73. The van der Waals surface area contributed by atoms with Gasteiger partial charge in [0, 0.05) is 18.3 Å². The normalized spacial score (nSPS) is 39.6. The number of ketones is 4. The number of hydrogen-bond donors (Lipinski definition) is 3. The molecule has 0 spiro atoms. The van der Waals surface area contributed by atoms with Crippen molar-refractivity contribution in [3.63, 3.8) is 0 Å². The van der Waals surface area contributed by atoms with Crippen molar-refractivity contribution in [3.8, 4) is 0 Å². The summed E-state index contributed by atoms with van der Waals surface area (Å²) in [5.74, 6) is -9.71. The molecule has 8 nitrogen and oxygen atoms in total. The Morgan fingerprint density at radius 1 is 1.05 bits per heavy atom. The van der Waals surface area contributed by atoms with Crippen molar-refractivity contribution in [2.75, 3.05) is 0 Å². The van der Waals surface area contributed by atoms with E-state index < -0.39 is 64.6 Å². The number of aliphatic hydroxyl groups excluding tert-OH is 1. The van der Waals surface area contributed by atoms with Gasteiger partial charge in [-0.05, 0) is 47.3 Å². The Balaban J connectivity index is 1.49. The van der Waals surface area contributed by atoms with E-state index in [2.05, 4.69) is 32.9 Å². The largest absolute Gasteiger partial charge is 0.389 e. The second-order valence-corrected chi connectivity index (χ2v) is 12.3. The fourth-order valence-electron chi connectivity index (χ4n) is 7.33. The molecule has 5 rings (SSSR count). The molecule has 4 N–H and O–H groups in total. The van der Waals surface area contributed by atoms with Gasteiger partial charge in [-0.3, -0.25) is 24.0 Å². The number of aliphatic hydroxyl groups is 2. The van der Waals surface area contributed by atoms with Crippen LogP contribution in [-0.2, 0) is 29.4 Å². The summed E-state index contributed by atoms with van der Waals surface area (Å²) in [4.78, 5) is 64.2. The van der Waals surface area contributed by atoms with Crippen LogP contribution in [0.4, 0.5) is 0 Å². The predicted molar refractivity (Wildman–Crippen MR) is 132 cm³/mol. The molecule has 1 aromatic carbocycles. The van der Waals surface area contributed by atoms with Crippen molar-refractivity contribution in [2.45, 2.75) is 63.1 Å². The van der Waals surface area contributed by atoms with Gasteiger partial charge in [0.2, 0.25) is 5.91 Å². The minimum absolute atomic E-state index is 0.0229. The van der Waals surface area contributed by atoms with Gasteiger partial charge in [0.05, 0.1) is 11.8 Å². The highest BCUT2D eigenvalue weighted by atomic mass is 16.4. The first-order valence-electron chi connectivity index (χ1n) is 12.9. The summed E-state index contributed by atoms with van der Waals surface area (Å²) in [6.45, 7) is 6.37. The maximum atomic E-state index is 13.8. The molecule has 1 aromatic rings. The summed E-state index contributed by atoms with van der Waals surface area (Å²) >= 11 is 0. The number of carbonyl (C=O) groups is 5. The molecule has 9 atom stereocenters. The van der Waals surface area contributed by atoms with Gasteiger partial charge in [-0.2, -0.15) is 0 Å². The summed E-state index contributed by atoms with van der Waals surface area (Å²) in [5.41, 5.74) is 4.94. The van der Waals surface area contributed by atoms with E-state index in [1.165, 1.54) is 11.6 Å². The van der Waals surface area contributed by atoms with E-state index in [9.17, 15) is 34.2 Å². The zero-order chi connectivity index (χ0) is 27.0. The molecular weight excluding hydrogens is 474 g/mol. The molecule has 3 fully saturated rings. The van der Waals surface area contributed by atoms with E-state index in [0.717, 1.165) is 5.56 Å². The zero-order valence-electron chi connectivity index (χ0n) is 21.2. The summed E-state index contributed by atoms with van der Waals surface area (Å²) in [6, 6.07) is 8.16. The van der Waals surface area contributed by atoms with Crippen molar-refractivity contribution in [3.05, 3.63) is 47.5 Å². The molecule has 0 saturated heterocycles. The molecule has 196 valence electrons. The molecule has 4 aliphatic carbocycles. The Labute approximate surface area is 215 Å². The van der Waals surface area contributed by atoms with E-state index >= 15 is 0 Å². The Hall–Kier alpha value is -2.97. The monoisotopic (exact) mass is 507 g/mol. The molecule has 0 radical (unpaired) electrons. The van der Waals surface area contributed by atoms with Gasteiger partial charge in [0.15, 0.2) is 28.9 Å². The van der Waals surface area contributed by atoms with E-state index in [4.69, 9.17) is 5.73 Å². The standard InChI is InChI=1S/C29H33NO7/c1-28(2,3)15-6-4-13(5-7-15)17-8-9-19(31)22-18(17)11-14-10-16-12-20(32)23(27(30)36)26(35)29(16,37)25(34)21(14)24(22)33/h4-9,14,16-18,21-23,25,34,37H,10-12H2,1-3H3,(H2,30,36)/t14-,16+,17?,18?,21?,22?,23?,25?,29+/m1/s1. The number of primary amides is 1. The quantitative estimate of drug-likeness (QED) is 0.512. The number of Topliss-reactive ketones (excluding diaryl/α,β-unsaturated/α-hetero) is 3. The third kappa shape index (κ3) is 3.76. The van der Waals surface area contributed by atoms with Crippen molar-refractivity contribution in [2.24, 2.45) is 41.2 Å². The van der Waals surface area contributed by atoms with Crippen LogP contribution in [0.3, 0.4) is 0 Å². The van der Waals surface area contributed by atoms with Gasteiger partial charge in [-0.25, -0.2) is 0 Å². The molecule has 37 heavy (non-hydrogen) atoms. The van der Waals surface area contributed by atoms with Crippen molar-refractivity contribution < 1.29 is 34.2 Å². The molecule has 1 amide bonds. The average Bonchev–Trinajstić information content (AvgIpc) is 2.81. The minimum Gasteiger partial charge on any atom is -0.389 e. The van der Waals surface area contributed by atoms with Gasteiger partial charge >= 0.3 is 0 Å². The molecule has 0 bridgehead atoms. The Bertz CT molecular complexity index is 1230. The van der Waals surface area contributed by atoms with Gasteiger partial charge in [-0.15, -0.1) is 0 Å². The van der Waals surface area contributed by atoms with Crippen LogP contribution in [0.15, 0.2) is 36.4 Å². The fourth-order valence-corrected chi connectivity index (χ4v) is 7.33. The molecule has 4 aliphatic rings. The SMILES string of the molecule is CC(C)(C)c1ccc(C2C=CC(=O)C3C(=O)C4C(O)[C@]5(O)C(=O)C(C(N)=O)C(=O)C[C@@H]5C[C@@H]4CC32)cc1. The Kier molecular flexibility index (Phi) is 5.92. The molecule has 3 saturated carbocycles. The third-order valence-electron chi connectivity index (χ3n) is 9.25. The molecular formula is C29H33NO7. The number of nitrogens with two attached hydrogens (primary N) is 1. The van der Waals surface area contributed by atoms with Crippen LogP contribution in [0.5, 0.6) is 0 Å². The Morgan fingerprint density at radius 2 is 1.70 bits per heavy atom. The lowest BCUT2D eigenvalue weighted by molar-refractivity contribution is -0.204. The number of fused-ring (bicyclic) bond motifs is 3. The molecule has 0 heterocycles. The summed E-state index contributed by atoms with van der Waals surface area (Å²) < 4.78 is 0. The number of carbonyl (C=O) groups excluding carboxylic acids is 5. The lowest BCUT2D eigenvalue weighted by Crippen LogP contribution is -2.71. The molecule has 6 unspecified atom stereocenters. The first kappa shape index (κ1) is 25.7. The third-order valence-corrected chi connectivity index (χ3v) is 9.25. The van der Waals surface area contributed by atoms with Crippen LogP contribution >= 0.6 is 0 Å². The number of rotatable bonds is 2. The van der Waals surface area contributed by atoms with E-state index in [1.807, 2.05) is 18.2 Å². The number of allylic oxidation sites excluding steroid dienone is 2. The maximum Gasteiger partial charge on any atom is 0.235 e. The van der Waals surface area contributed by atoms with Crippen molar-refractivity contribution in [1.29, 1.82) is 0 Å².